The Balaban J connectivity index is 2.38. The molecule has 1 atom stereocenters. The monoisotopic (exact) mass is 376 g/mol. The van der Waals surface area contributed by atoms with Crippen molar-refractivity contribution in [2.75, 3.05) is 12.3 Å². The molecule has 0 aromatic carbocycles. The van der Waals surface area contributed by atoms with Crippen molar-refractivity contribution < 1.29 is 9.59 Å². The molecule has 9 heteroatoms. The van der Waals surface area contributed by atoms with Crippen LogP contribution in [0, 0.1) is 5.92 Å². The van der Waals surface area contributed by atoms with Crippen LogP contribution in [0.3, 0.4) is 0 Å². The van der Waals surface area contributed by atoms with Gasteiger partial charge in [0.15, 0.2) is 8.68 Å². The molecule has 0 aliphatic heterocycles. The molecule has 2 N–H and O–H groups in total. The van der Waals surface area contributed by atoms with Crippen LogP contribution in [0.2, 0.25) is 0 Å². The van der Waals surface area contributed by atoms with E-state index in [1.165, 1.54) is 23.1 Å². The summed E-state index contributed by atoms with van der Waals surface area (Å²) in [7, 11) is 0. The first-order valence-corrected chi connectivity index (χ1v) is 10.3. The van der Waals surface area contributed by atoms with Crippen molar-refractivity contribution in [2.24, 2.45) is 5.92 Å². The van der Waals surface area contributed by atoms with Crippen molar-refractivity contribution in [1.82, 2.24) is 20.8 Å². The molecule has 0 fully saturated rings. The van der Waals surface area contributed by atoms with Crippen molar-refractivity contribution in [2.45, 2.75) is 54.5 Å². The fourth-order valence-corrected chi connectivity index (χ4v) is 4.68. The maximum absolute atomic E-state index is 12.0. The second-order valence-corrected chi connectivity index (χ2v) is 9.30. The number of rotatable bonds is 9. The Kier molecular flexibility index (Phi) is 9.57. The Morgan fingerprint density at radius 2 is 1.91 bits per heavy atom. The minimum absolute atomic E-state index is 0.327. The summed E-state index contributed by atoms with van der Waals surface area (Å²) in [5, 5.41) is 12.8. The molecular weight excluding hydrogens is 352 g/mol. The minimum Gasteiger partial charge on any atom is -0.338 e. The van der Waals surface area contributed by atoms with Gasteiger partial charge in [0.2, 0.25) is 5.91 Å². The Labute approximate surface area is 150 Å². The second-order valence-electron chi connectivity index (χ2n) is 5.39. The van der Waals surface area contributed by atoms with Crippen molar-refractivity contribution >= 4 is 46.8 Å². The lowest BCUT2D eigenvalue weighted by Gasteiger charge is -2.11. The summed E-state index contributed by atoms with van der Waals surface area (Å²) in [6, 6.07) is -0.454. The lowest BCUT2D eigenvalue weighted by Crippen LogP contribution is -2.43. The van der Waals surface area contributed by atoms with Gasteiger partial charge >= 0.3 is 6.03 Å². The van der Waals surface area contributed by atoms with E-state index in [9.17, 15) is 9.59 Å². The molecule has 0 spiro atoms. The molecule has 0 saturated carbocycles. The number of amides is 3. The number of hydrogen-bond acceptors (Lipinski definition) is 7. The zero-order valence-electron chi connectivity index (χ0n) is 13.9. The summed E-state index contributed by atoms with van der Waals surface area (Å²) < 4.78 is 1.66. The number of unbranched alkanes of at least 4 members (excludes halogenated alkanes) is 1. The predicted octanol–water partition coefficient (Wildman–Crippen LogP) is 3.39. The molecular formula is C14H24N4O2S3. The number of aromatic nitrogens is 2. The highest BCUT2D eigenvalue weighted by atomic mass is 32.2. The fraction of sp³-hybridized carbons (Fsp3) is 0.714. The van der Waals surface area contributed by atoms with Crippen LogP contribution < -0.4 is 10.6 Å². The smallest absolute Gasteiger partial charge is 0.321 e. The molecule has 0 radical (unpaired) electrons. The van der Waals surface area contributed by atoms with Gasteiger partial charge in [0.25, 0.3) is 0 Å². The topological polar surface area (TPSA) is 84.0 Å². The molecule has 1 aromatic rings. The second kappa shape index (κ2) is 10.9. The molecule has 1 heterocycles. The lowest BCUT2D eigenvalue weighted by atomic mass is 10.2. The predicted molar refractivity (Wildman–Crippen MR) is 97.2 cm³/mol. The van der Waals surface area contributed by atoms with Crippen LogP contribution in [0.25, 0.3) is 0 Å². The van der Waals surface area contributed by atoms with Crippen LogP contribution in [0.4, 0.5) is 4.79 Å². The number of nitrogens with zero attached hydrogens (tertiary/aromatic N) is 2. The van der Waals surface area contributed by atoms with E-state index in [0.717, 1.165) is 27.3 Å². The van der Waals surface area contributed by atoms with Crippen LogP contribution in [0.15, 0.2) is 8.68 Å². The maximum Gasteiger partial charge on any atom is 0.321 e. The highest BCUT2D eigenvalue weighted by Gasteiger charge is 2.19. The van der Waals surface area contributed by atoms with Gasteiger partial charge in [0.1, 0.15) is 0 Å². The molecule has 3 amide bonds. The molecule has 0 bridgehead atoms. The van der Waals surface area contributed by atoms with E-state index in [0.29, 0.717) is 12.5 Å². The first kappa shape index (κ1) is 20.2. The molecule has 1 unspecified atom stereocenters. The number of urea groups is 1. The van der Waals surface area contributed by atoms with E-state index in [-0.39, 0.29) is 5.91 Å². The van der Waals surface area contributed by atoms with E-state index in [1.807, 2.05) is 13.8 Å². The van der Waals surface area contributed by atoms with Gasteiger partial charge in [-0.3, -0.25) is 10.1 Å². The highest BCUT2D eigenvalue weighted by molar-refractivity contribution is 8.03. The zero-order valence-corrected chi connectivity index (χ0v) is 16.4. The van der Waals surface area contributed by atoms with Gasteiger partial charge < -0.3 is 5.32 Å². The lowest BCUT2D eigenvalue weighted by molar-refractivity contribution is -0.119. The normalized spacial score (nSPS) is 12.2. The Morgan fingerprint density at radius 1 is 1.22 bits per heavy atom. The molecule has 0 aliphatic carbocycles. The molecule has 0 aliphatic rings. The summed E-state index contributed by atoms with van der Waals surface area (Å²) in [5.41, 5.74) is 0. The minimum atomic E-state index is -0.454. The maximum atomic E-state index is 12.0. The average Bonchev–Trinajstić information content (AvgIpc) is 2.92. The fourth-order valence-electron chi connectivity index (χ4n) is 1.37. The Hall–Kier alpha value is -0.800. The number of thioether (sulfide) groups is 2. The third-order valence-corrected chi connectivity index (χ3v) is 5.99. The SMILES string of the molecule is CCCCSc1nnc(SC(C)C(=O)NC(=O)NCC(C)C)s1. The van der Waals surface area contributed by atoms with Crippen LogP contribution in [0.5, 0.6) is 0 Å². The molecule has 1 rings (SSSR count). The number of carbonyl (C=O) groups is 2. The van der Waals surface area contributed by atoms with Crippen LogP contribution in [0.1, 0.15) is 40.5 Å². The van der Waals surface area contributed by atoms with E-state index in [4.69, 9.17) is 0 Å². The number of hydrogen-bond donors (Lipinski definition) is 2. The summed E-state index contributed by atoms with van der Waals surface area (Å²) >= 11 is 4.49. The summed E-state index contributed by atoms with van der Waals surface area (Å²) in [6.45, 7) is 8.42. The van der Waals surface area contributed by atoms with E-state index in [1.54, 1.807) is 18.7 Å². The highest BCUT2D eigenvalue weighted by Crippen LogP contribution is 2.31. The first-order valence-electron chi connectivity index (χ1n) is 7.64. The van der Waals surface area contributed by atoms with E-state index in [2.05, 4.69) is 27.8 Å². The van der Waals surface area contributed by atoms with Gasteiger partial charge in [0.05, 0.1) is 5.25 Å². The van der Waals surface area contributed by atoms with Crippen molar-refractivity contribution in [1.29, 1.82) is 0 Å². The summed E-state index contributed by atoms with van der Waals surface area (Å²) in [4.78, 5) is 23.6. The molecule has 130 valence electrons. The van der Waals surface area contributed by atoms with Gasteiger partial charge in [-0.1, -0.05) is 62.1 Å². The van der Waals surface area contributed by atoms with Crippen molar-refractivity contribution in [3.8, 4) is 0 Å². The van der Waals surface area contributed by atoms with Crippen LogP contribution >= 0.6 is 34.9 Å². The van der Waals surface area contributed by atoms with Crippen molar-refractivity contribution in [3.05, 3.63) is 0 Å². The summed E-state index contributed by atoms with van der Waals surface area (Å²) in [6.07, 6.45) is 2.31. The zero-order chi connectivity index (χ0) is 17.2. The van der Waals surface area contributed by atoms with E-state index < -0.39 is 11.3 Å². The number of nitrogens with one attached hydrogen (secondary N) is 2. The Morgan fingerprint density at radius 3 is 2.57 bits per heavy atom. The van der Waals surface area contributed by atoms with Crippen LogP contribution in [-0.2, 0) is 4.79 Å². The first-order chi connectivity index (χ1) is 10.9. The van der Waals surface area contributed by atoms with Gasteiger partial charge in [-0.2, -0.15) is 0 Å². The summed E-state index contributed by atoms with van der Waals surface area (Å²) in [5.74, 6) is 1.04. The average molecular weight is 377 g/mol. The Bertz CT molecular complexity index is 508. The van der Waals surface area contributed by atoms with E-state index >= 15 is 0 Å². The largest absolute Gasteiger partial charge is 0.338 e. The van der Waals surface area contributed by atoms with Gasteiger partial charge in [0, 0.05) is 12.3 Å². The standard InChI is InChI=1S/C14H24N4O2S3/c1-5-6-7-21-13-17-18-14(23-13)22-10(4)11(19)16-12(20)15-8-9(2)3/h9-10H,5-8H2,1-4H3,(H2,15,16,19,20). The molecule has 1 aromatic heterocycles. The number of carbonyl (C=O) groups excluding carboxylic acids is 2. The number of imide groups is 1. The quantitative estimate of drug-likeness (QED) is 0.508. The van der Waals surface area contributed by atoms with Crippen molar-refractivity contribution in [3.63, 3.8) is 0 Å². The third kappa shape index (κ3) is 8.57. The van der Waals surface area contributed by atoms with Crippen LogP contribution in [-0.4, -0.2) is 39.7 Å². The third-order valence-electron chi connectivity index (χ3n) is 2.67. The molecule has 23 heavy (non-hydrogen) atoms. The van der Waals surface area contributed by atoms with Gasteiger partial charge in [-0.15, -0.1) is 10.2 Å². The van der Waals surface area contributed by atoms with Gasteiger partial charge in [-0.25, -0.2) is 4.79 Å². The molecule has 6 nitrogen and oxygen atoms in total. The molecule has 0 saturated heterocycles. The van der Waals surface area contributed by atoms with Gasteiger partial charge in [-0.05, 0) is 19.3 Å².